The molecule has 1 aromatic rings. The summed E-state index contributed by atoms with van der Waals surface area (Å²) >= 11 is 0. The smallest absolute Gasteiger partial charge is 0.244 e. The van der Waals surface area contributed by atoms with E-state index in [9.17, 15) is 9.59 Å². The van der Waals surface area contributed by atoms with Gasteiger partial charge in [0.25, 0.3) is 0 Å². The lowest BCUT2D eigenvalue weighted by atomic mass is 10.0. The minimum Gasteiger partial charge on any atom is -0.321 e. The van der Waals surface area contributed by atoms with Crippen LogP contribution in [0.4, 0.5) is 11.5 Å². The molecule has 1 aliphatic heterocycles. The molecule has 0 aromatic carbocycles. The number of hydrogen-bond donors (Lipinski definition) is 1. The van der Waals surface area contributed by atoms with Gasteiger partial charge in [0.15, 0.2) is 5.82 Å². The largest absolute Gasteiger partial charge is 0.321 e. The molecule has 2 heterocycles. The molecule has 0 unspecified atom stereocenters. The minimum absolute atomic E-state index is 0.00259. The van der Waals surface area contributed by atoms with Crippen molar-refractivity contribution in [1.29, 1.82) is 0 Å². The van der Waals surface area contributed by atoms with Crippen LogP contribution in [-0.4, -0.2) is 23.3 Å². The van der Waals surface area contributed by atoms with E-state index in [1.54, 1.807) is 18.3 Å². The first-order valence-corrected chi connectivity index (χ1v) is 7.79. The highest BCUT2D eigenvalue weighted by Gasteiger charge is 2.27. The maximum absolute atomic E-state index is 12.4. The second-order valence-corrected chi connectivity index (χ2v) is 5.95. The minimum atomic E-state index is -0.153. The Morgan fingerprint density at radius 3 is 3.00 bits per heavy atom. The lowest BCUT2D eigenvalue weighted by molar-refractivity contribution is -0.122. The number of fused-ring (bicyclic) bond motifs is 1. The van der Waals surface area contributed by atoms with E-state index in [0.717, 1.165) is 18.8 Å². The van der Waals surface area contributed by atoms with E-state index in [0.29, 0.717) is 17.9 Å². The zero-order valence-electron chi connectivity index (χ0n) is 12.2. The van der Waals surface area contributed by atoms with Crippen molar-refractivity contribution in [3.63, 3.8) is 0 Å². The van der Waals surface area contributed by atoms with E-state index in [-0.39, 0.29) is 18.4 Å². The number of carbonyl (C=O) groups excluding carboxylic acids is 2. The number of pyridine rings is 1. The number of aromatic nitrogens is 1. The van der Waals surface area contributed by atoms with Gasteiger partial charge in [-0.3, -0.25) is 14.5 Å². The van der Waals surface area contributed by atoms with Crippen molar-refractivity contribution in [2.45, 2.75) is 44.9 Å². The molecule has 2 aliphatic rings. The summed E-state index contributed by atoms with van der Waals surface area (Å²) in [7, 11) is 0. The number of nitrogens with zero attached hydrogens (tertiary/aromatic N) is 2. The van der Waals surface area contributed by atoms with Crippen LogP contribution in [0, 0.1) is 5.92 Å². The van der Waals surface area contributed by atoms with Gasteiger partial charge in [0.1, 0.15) is 6.54 Å². The third-order valence-electron chi connectivity index (χ3n) is 4.40. The quantitative estimate of drug-likeness (QED) is 0.926. The number of rotatable bonds is 4. The molecule has 0 spiro atoms. The lowest BCUT2D eigenvalue weighted by Gasteiger charge is -2.28. The summed E-state index contributed by atoms with van der Waals surface area (Å²) in [5.41, 5.74) is 0.623. The molecule has 0 saturated heterocycles. The van der Waals surface area contributed by atoms with Crippen LogP contribution in [-0.2, 0) is 9.59 Å². The molecule has 5 nitrogen and oxygen atoms in total. The van der Waals surface area contributed by atoms with Crippen molar-refractivity contribution in [3.05, 3.63) is 18.3 Å². The highest BCUT2D eigenvalue weighted by atomic mass is 16.2. The Labute approximate surface area is 124 Å². The average Bonchev–Trinajstić information content (AvgIpc) is 2.99. The average molecular weight is 287 g/mol. The van der Waals surface area contributed by atoms with E-state index >= 15 is 0 Å². The molecule has 1 N–H and O–H groups in total. The van der Waals surface area contributed by atoms with Gasteiger partial charge in [0, 0.05) is 12.6 Å². The van der Waals surface area contributed by atoms with Crippen LogP contribution >= 0.6 is 0 Å². The van der Waals surface area contributed by atoms with Crippen LogP contribution in [0.2, 0.25) is 0 Å². The van der Waals surface area contributed by atoms with Gasteiger partial charge < -0.3 is 5.32 Å². The zero-order chi connectivity index (χ0) is 14.7. The number of carbonyl (C=O) groups is 2. The molecule has 0 atom stereocenters. The highest BCUT2D eigenvalue weighted by molar-refractivity contribution is 6.08. The Bertz CT molecular complexity index is 538. The van der Waals surface area contributed by atoms with E-state index in [1.807, 2.05) is 0 Å². The topological polar surface area (TPSA) is 62.3 Å². The normalized spacial score (nSPS) is 18.5. The fourth-order valence-electron chi connectivity index (χ4n) is 3.30. The van der Waals surface area contributed by atoms with Crippen LogP contribution in [0.3, 0.4) is 0 Å². The lowest BCUT2D eigenvalue weighted by Crippen LogP contribution is -2.42. The van der Waals surface area contributed by atoms with Crippen molar-refractivity contribution >= 4 is 23.3 Å². The predicted molar refractivity (Wildman–Crippen MR) is 81.0 cm³/mol. The summed E-state index contributed by atoms with van der Waals surface area (Å²) in [5.74, 6) is 1.22. The summed E-state index contributed by atoms with van der Waals surface area (Å²) in [4.78, 5) is 29.8. The summed E-state index contributed by atoms with van der Waals surface area (Å²) in [6.07, 6.45) is 9.47. The van der Waals surface area contributed by atoms with Gasteiger partial charge in [-0.2, -0.15) is 0 Å². The molecule has 1 aliphatic carbocycles. The van der Waals surface area contributed by atoms with E-state index < -0.39 is 0 Å². The molecule has 112 valence electrons. The molecule has 5 heteroatoms. The fourth-order valence-corrected chi connectivity index (χ4v) is 3.30. The van der Waals surface area contributed by atoms with Crippen molar-refractivity contribution in [1.82, 2.24) is 4.98 Å². The number of nitrogens with one attached hydrogen (secondary N) is 1. The third kappa shape index (κ3) is 3.23. The highest BCUT2D eigenvalue weighted by Crippen LogP contribution is 2.30. The fraction of sp³-hybridized carbons (Fsp3) is 0.562. The van der Waals surface area contributed by atoms with Gasteiger partial charge in [0.05, 0.1) is 5.69 Å². The van der Waals surface area contributed by atoms with Crippen LogP contribution in [0.1, 0.15) is 44.9 Å². The SMILES string of the molecule is O=C1CN(C(=O)CCCC2CCCC2)c2ncccc2N1. The number of amides is 2. The van der Waals surface area contributed by atoms with Crippen LogP contribution in [0.15, 0.2) is 18.3 Å². The molecular formula is C16H21N3O2. The Balaban J connectivity index is 1.60. The Morgan fingerprint density at radius 2 is 2.19 bits per heavy atom. The van der Waals surface area contributed by atoms with Crippen molar-refractivity contribution in [2.75, 3.05) is 16.8 Å². The predicted octanol–water partition coefficient (Wildman–Crippen LogP) is 2.73. The second kappa shape index (κ2) is 6.24. The molecule has 0 bridgehead atoms. The van der Waals surface area contributed by atoms with E-state index in [1.165, 1.54) is 30.6 Å². The maximum atomic E-state index is 12.4. The Hall–Kier alpha value is -1.91. The first-order chi connectivity index (χ1) is 10.2. The van der Waals surface area contributed by atoms with Crippen LogP contribution in [0.25, 0.3) is 0 Å². The third-order valence-corrected chi connectivity index (χ3v) is 4.40. The number of anilines is 2. The number of hydrogen-bond acceptors (Lipinski definition) is 3. The van der Waals surface area contributed by atoms with Gasteiger partial charge in [-0.25, -0.2) is 4.98 Å². The van der Waals surface area contributed by atoms with Gasteiger partial charge in [0.2, 0.25) is 11.8 Å². The van der Waals surface area contributed by atoms with Crippen LogP contribution in [0.5, 0.6) is 0 Å². The first-order valence-electron chi connectivity index (χ1n) is 7.79. The van der Waals surface area contributed by atoms with Gasteiger partial charge in [-0.1, -0.05) is 25.7 Å². The van der Waals surface area contributed by atoms with Gasteiger partial charge in [-0.05, 0) is 30.9 Å². The summed E-state index contributed by atoms with van der Waals surface area (Å²) in [6, 6.07) is 3.53. The second-order valence-electron chi connectivity index (χ2n) is 5.95. The van der Waals surface area contributed by atoms with Gasteiger partial charge >= 0.3 is 0 Å². The monoisotopic (exact) mass is 287 g/mol. The molecule has 1 saturated carbocycles. The Kier molecular flexibility index (Phi) is 4.18. The van der Waals surface area contributed by atoms with Crippen molar-refractivity contribution < 1.29 is 9.59 Å². The summed E-state index contributed by atoms with van der Waals surface area (Å²) in [6.45, 7) is 0.0757. The molecule has 1 aromatic heterocycles. The summed E-state index contributed by atoms with van der Waals surface area (Å²) in [5, 5.41) is 2.75. The van der Waals surface area contributed by atoms with Crippen LogP contribution < -0.4 is 10.2 Å². The molecule has 21 heavy (non-hydrogen) atoms. The van der Waals surface area contributed by atoms with E-state index in [2.05, 4.69) is 10.3 Å². The van der Waals surface area contributed by atoms with Crippen molar-refractivity contribution in [2.24, 2.45) is 5.92 Å². The standard InChI is InChI=1S/C16H21N3O2/c20-14-11-19(16-13(18-14)8-4-10-17-16)15(21)9-3-7-12-5-1-2-6-12/h4,8,10,12H,1-3,5-7,9,11H2,(H,18,20). The first kappa shape index (κ1) is 14.0. The molecule has 1 fully saturated rings. The Morgan fingerprint density at radius 1 is 1.38 bits per heavy atom. The molecule has 2 amide bonds. The zero-order valence-corrected chi connectivity index (χ0v) is 12.2. The summed E-state index contributed by atoms with van der Waals surface area (Å²) < 4.78 is 0. The molecule has 3 rings (SSSR count). The van der Waals surface area contributed by atoms with E-state index in [4.69, 9.17) is 0 Å². The molecule has 0 radical (unpaired) electrons. The van der Waals surface area contributed by atoms with Gasteiger partial charge in [-0.15, -0.1) is 0 Å². The maximum Gasteiger partial charge on any atom is 0.244 e. The molecular weight excluding hydrogens is 266 g/mol. The van der Waals surface area contributed by atoms with Crippen molar-refractivity contribution in [3.8, 4) is 0 Å².